The second kappa shape index (κ2) is 4.34. The molecule has 1 saturated carbocycles. The average Bonchev–Trinajstić information content (AvgIpc) is 3.02. The van der Waals surface area contributed by atoms with Gasteiger partial charge in [-0.05, 0) is 12.8 Å². The second-order valence-corrected chi connectivity index (χ2v) is 5.80. The molecule has 1 aliphatic rings. The third-order valence-electron chi connectivity index (χ3n) is 3.53. The molecule has 6 heteroatoms. The molecule has 3 rings (SSSR count). The Morgan fingerprint density at radius 3 is 2.88 bits per heavy atom. The summed E-state index contributed by atoms with van der Waals surface area (Å²) in [6.07, 6.45) is 5.05. The van der Waals surface area contributed by atoms with Gasteiger partial charge in [0.05, 0.1) is 0 Å². The molecule has 2 aromatic heterocycles. The highest BCUT2D eigenvalue weighted by molar-refractivity contribution is 7.16. The molecule has 2 N–H and O–H groups in total. The summed E-state index contributed by atoms with van der Waals surface area (Å²) in [4.78, 5) is 0.905. The van der Waals surface area contributed by atoms with Crippen molar-refractivity contribution in [2.75, 3.05) is 6.54 Å². The van der Waals surface area contributed by atoms with Crippen molar-refractivity contribution in [3.63, 3.8) is 0 Å². The van der Waals surface area contributed by atoms with Crippen LogP contribution in [0.15, 0.2) is 0 Å². The molecule has 0 saturated heterocycles. The Bertz CT molecular complexity index is 511. The molecule has 0 radical (unpaired) electrons. The lowest BCUT2D eigenvalue weighted by Gasteiger charge is -2.04. The molecule has 0 amide bonds. The van der Waals surface area contributed by atoms with E-state index < -0.39 is 0 Å². The molecule has 1 atom stereocenters. The van der Waals surface area contributed by atoms with E-state index in [9.17, 15) is 0 Å². The third kappa shape index (κ3) is 1.85. The van der Waals surface area contributed by atoms with Gasteiger partial charge in [0.2, 0.25) is 4.96 Å². The molecule has 0 bridgehead atoms. The molecule has 0 aromatic carbocycles. The third-order valence-corrected chi connectivity index (χ3v) is 4.66. The summed E-state index contributed by atoms with van der Waals surface area (Å²) in [5, 5.41) is 14.2. The van der Waals surface area contributed by atoms with Gasteiger partial charge < -0.3 is 5.73 Å². The molecule has 5 nitrogen and oxygen atoms in total. The van der Waals surface area contributed by atoms with E-state index >= 15 is 0 Å². The van der Waals surface area contributed by atoms with E-state index in [1.165, 1.54) is 25.7 Å². The molecule has 1 unspecified atom stereocenters. The largest absolute Gasteiger partial charge is 0.330 e. The monoisotopic (exact) mass is 251 g/mol. The van der Waals surface area contributed by atoms with Gasteiger partial charge in [0, 0.05) is 18.4 Å². The van der Waals surface area contributed by atoms with E-state index in [0.717, 1.165) is 15.8 Å². The fraction of sp³-hybridized carbons (Fsp3) is 0.727. The normalized spacial score (nSPS) is 19.2. The van der Waals surface area contributed by atoms with E-state index in [2.05, 4.69) is 22.2 Å². The van der Waals surface area contributed by atoms with Crippen LogP contribution in [-0.4, -0.2) is 26.4 Å². The molecule has 1 fully saturated rings. The van der Waals surface area contributed by atoms with E-state index in [1.54, 1.807) is 11.3 Å². The number of hydrogen-bond donors (Lipinski definition) is 1. The van der Waals surface area contributed by atoms with Crippen molar-refractivity contribution in [2.45, 2.75) is 44.4 Å². The van der Waals surface area contributed by atoms with Crippen LogP contribution in [-0.2, 0) is 0 Å². The highest BCUT2D eigenvalue weighted by Crippen LogP contribution is 2.34. The van der Waals surface area contributed by atoms with Crippen LogP contribution in [0.25, 0.3) is 4.96 Å². The maximum absolute atomic E-state index is 5.68. The maximum Gasteiger partial charge on any atom is 0.234 e. The first kappa shape index (κ1) is 11.1. The molecule has 1 aliphatic carbocycles. The van der Waals surface area contributed by atoms with Crippen molar-refractivity contribution in [2.24, 2.45) is 5.73 Å². The van der Waals surface area contributed by atoms with Crippen LogP contribution in [0.1, 0.15) is 55.3 Å². The lowest BCUT2D eigenvalue weighted by atomic mass is 10.1. The first-order chi connectivity index (χ1) is 8.29. The van der Waals surface area contributed by atoms with Crippen LogP contribution >= 0.6 is 11.3 Å². The summed E-state index contributed by atoms with van der Waals surface area (Å²) in [5.41, 5.74) is 5.68. The highest BCUT2D eigenvalue weighted by atomic mass is 32.1. The zero-order valence-electron chi connectivity index (χ0n) is 9.96. The molecular weight excluding hydrogens is 234 g/mol. The van der Waals surface area contributed by atoms with Gasteiger partial charge in [-0.3, -0.25) is 0 Å². The van der Waals surface area contributed by atoms with Gasteiger partial charge in [0.15, 0.2) is 5.82 Å². The number of rotatable bonds is 3. The number of hydrogen-bond acceptors (Lipinski definition) is 5. The summed E-state index contributed by atoms with van der Waals surface area (Å²) in [7, 11) is 0. The maximum atomic E-state index is 5.68. The molecule has 2 aromatic rings. The Kier molecular flexibility index (Phi) is 2.84. The van der Waals surface area contributed by atoms with Gasteiger partial charge in [-0.15, -0.1) is 10.2 Å². The first-order valence-corrected chi connectivity index (χ1v) is 7.03. The van der Waals surface area contributed by atoms with Crippen LogP contribution in [0, 0.1) is 0 Å². The predicted molar refractivity (Wildman–Crippen MR) is 67.3 cm³/mol. The lowest BCUT2D eigenvalue weighted by Crippen LogP contribution is -2.09. The summed E-state index contributed by atoms with van der Waals surface area (Å²) in [6, 6.07) is 0. The van der Waals surface area contributed by atoms with Gasteiger partial charge in [0.25, 0.3) is 0 Å². The van der Waals surface area contributed by atoms with Gasteiger partial charge in [0.1, 0.15) is 5.01 Å². The molecular formula is C11H17N5S. The fourth-order valence-electron chi connectivity index (χ4n) is 2.39. The summed E-state index contributed by atoms with van der Waals surface area (Å²) in [6.45, 7) is 2.73. The Morgan fingerprint density at radius 2 is 2.18 bits per heavy atom. The van der Waals surface area contributed by atoms with E-state index in [1.807, 2.05) is 4.52 Å². The number of nitrogens with zero attached hydrogens (tertiary/aromatic N) is 4. The van der Waals surface area contributed by atoms with Crippen molar-refractivity contribution >= 4 is 16.3 Å². The van der Waals surface area contributed by atoms with Gasteiger partial charge >= 0.3 is 0 Å². The minimum atomic E-state index is 0.304. The Labute approximate surface area is 104 Å². The van der Waals surface area contributed by atoms with Crippen LogP contribution in [0.3, 0.4) is 0 Å². The summed E-state index contributed by atoms with van der Waals surface area (Å²) < 4.78 is 1.93. The fourth-order valence-corrected chi connectivity index (χ4v) is 3.29. The quantitative estimate of drug-likeness (QED) is 0.904. The predicted octanol–water partition coefficient (Wildman–Crippen LogP) is 1.91. The van der Waals surface area contributed by atoms with E-state index in [4.69, 9.17) is 5.73 Å². The molecule has 0 aliphatic heterocycles. The van der Waals surface area contributed by atoms with Gasteiger partial charge in [-0.1, -0.05) is 31.1 Å². The van der Waals surface area contributed by atoms with Gasteiger partial charge in [-0.2, -0.15) is 9.61 Å². The number of nitrogens with two attached hydrogens (primary N) is 1. The lowest BCUT2D eigenvalue weighted by molar-refractivity contribution is 0.631. The van der Waals surface area contributed by atoms with Crippen LogP contribution in [0.4, 0.5) is 0 Å². The van der Waals surface area contributed by atoms with Crippen molar-refractivity contribution in [3.8, 4) is 0 Å². The zero-order chi connectivity index (χ0) is 11.8. The minimum absolute atomic E-state index is 0.304. The van der Waals surface area contributed by atoms with Crippen LogP contribution < -0.4 is 5.73 Å². The summed E-state index contributed by atoms with van der Waals surface area (Å²) >= 11 is 1.61. The number of aromatic nitrogens is 4. The van der Waals surface area contributed by atoms with E-state index in [0.29, 0.717) is 18.4 Å². The van der Waals surface area contributed by atoms with Crippen molar-refractivity contribution in [1.29, 1.82) is 0 Å². The average molecular weight is 251 g/mol. The van der Waals surface area contributed by atoms with Gasteiger partial charge in [-0.25, -0.2) is 0 Å². The first-order valence-electron chi connectivity index (χ1n) is 6.21. The highest BCUT2D eigenvalue weighted by Gasteiger charge is 2.24. The van der Waals surface area contributed by atoms with Crippen LogP contribution in [0.2, 0.25) is 0 Å². The zero-order valence-corrected chi connectivity index (χ0v) is 10.8. The SMILES string of the molecule is CC(CN)c1nn2c(C3CCCC3)nnc2s1. The molecule has 0 spiro atoms. The number of fused-ring (bicyclic) bond motifs is 1. The van der Waals surface area contributed by atoms with E-state index in [-0.39, 0.29) is 0 Å². The Morgan fingerprint density at radius 1 is 1.41 bits per heavy atom. The van der Waals surface area contributed by atoms with Crippen molar-refractivity contribution in [1.82, 2.24) is 19.8 Å². The van der Waals surface area contributed by atoms with Crippen molar-refractivity contribution < 1.29 is 0 Å². The molecule has 17 heavy (non-hydrogen) atoms. The standard InChI is InChI=1S/C11H17N5S/c1-7(6-12)10-15-16-9(8-4-2-3-5-8)13-14-11(16)17-10/h7-8H,2-6,12H2,1H3. The minimum Gasteiger partial charge on any atom is -0.330 e. The molecule has 92 valence electrons. The Balaban J connectivity index is 1.99. The summed E-state index contributed by atoms with van der Waals surface area (Å²) in [5.74, 6) is 1.90. The topological polar surface area (TPSA) is 69.1 Å². The molecule has 2 heterocycles. The van der Waals surface area contributed by atoms with Crippen molar-refractivity contribution in [3.05, 3.63) is 10.8 Å². The van der Waals surface area contributed by atoms with Crippen LogP contribution in [0.5, 0.6) is 0 Å². The smallest absolute Gasteiger partial charge is 0.234 e. The Hall–Kier alpha value is -1.01. The second-order valence-electron chi connectivity index (χ2n) is 4.81.